The van der Waals surface area contributed by atoms with Gasteiger partial charge in [-0.05, 0) is 74.7 Å². The third-order valence-electron chi connectivity index (χ3n) is 9.31. The van der Waals surface area contributed by atoms with E-state index in [0.29, 0.717) is 23.7 Å². The first kappa shape index (κ1) is 23.3. The normalized spacial score (nSPS) is 25.0. The van der Waals surface area contributed by atoms with Crippen LogP contribution in [0.3, 0.4) is 0 Å². The van der Waals surface area contributed by atoms with E-state index < -0.39 is 0 Å². The first-order chi connectivity index (χ1) is 17.3. The Labute approximate surface area is 212 Å². The molecule has 0 spiro atoms. The zero-order valence-electron chi connectivity index (χ0n) is 21.5. The van der Waals surface area contributed by atoms with Crippen LogP contribution < -0.4 is 0 Å². The van der Waals surface area contributed by atoms with Gasteiger partial charge in [0.15, 0.2) is 0 Å². The maximum absolute atomic E-state index is 6.54. The topological polar surface area (TPSA) is 20.5 Å². The van der Waals surface area contributed by atoms with Crippen LogP contribution in [0.4, 0.5) is 0 Å². The highest BCUT2D eigenvalue weighted by Gasteiger charge is 2.33. The van der Waals surface area contributed by atoms with Gasteiger partial charge in [-0.1, -0.05) is 69.6 Å². The molecule has 1 aliphatic heterocycles. The molecule has 6 rings (SSSR count). The van der Waals surface area contributed by atoms with Gasteiger partial charge in [-0.2, -0.15) is 0 Å². The summed E-state index contributed by atoms with van der Waals surface area (Å²) >= 11 is 0. The molecule has 1 aromatic rings. The summed E-state index contributed by atoms with van der Waals surface area (Å²) in [4.78, 5) is 0. The smallest absolute Gasteiger partial charge is 0.333 e. The highest BCUT2D eigenvalue weighted by atomic mass is 16.5. The van der Waals surface area contributed by atoms with Gasteiger partial charge in [0.25, 0.3) is 0 Å². The fourth-order valence-corrected chi connectivity index (χ4v) is 7.24. The van der Waals surface area contributed by atoms with E-state index in [2.05, 4.69) is 42.5 Å². The van der Waals surface area contributed by atoms with Gasteiger partial charge in [-0.15, -0.1) is 0 Å². The van der Waals surface area contributed by atoms with E-state index in [4.69, 9.17) is 9.15 Å². The van der Waals surface area contributed by atoms with Gasteiger partial charge in [-0.3, -0.25) is 0 Å². The van der Waals surface area contributed by atoms with E-state index in [0.717, 1.165) is 0 Å². The Bertz CT molecular complexity index is 933. The fourth-order valence-electron chi connectivity index (χ4n) is 7.24. The van der Waals surface area contributed by atoms with Crippen LogP contribution in [0, 0.1) is 11.8 Å². The van der Waals surface area contributed by atoms with Crippen molar-refractivity contribution in [2.45, 2.75) is 115 Å². The van der Waals surface area contributed by atoms with E-state index in [-0.39, 0.29) is 0 Å². The molecule has 4 fully saturated rings. The molecule has 0 bridgehead atoms. The third kappa shape index (κ3) is 5.52. The lowest BCUT2D eigenvalue weighted by Crippen LogP contribution is -2.12. The number of allylic oxidation sites excluding steroid dienone is 7. The summed E-state index contributed by atoms with van der Waals surface area (Å²) in [6.45, 7) is 0. The minimum Gasteiger partial charge on any atom is -0.465 e. The Kier molecular flexibility index (Phi) is 7.26. The van der Waals surface area contributed by atoms with Crippen LogP contribution in [0.1, 0.15) is 132 Å². The monoisotopic (exact) mass is 471 g/mol. The van der Waals surface area contributed by atoms with Crippen LogP contribution in [0.2, 0.25) is 0 Å². The van der Waals surface area contributed by atoms with Gasteiger partial charge in [0.1, 0.15) is 11.5 Å². The Morgan fingerprint density at radius 2 is 1.03 bits per heavy atom. The molecular formula is C33H43O2+. The van der Waals surface area contributed by atoms with Crippen LogP contribution in [0.5, 0.6) is 0 Å². The maximum Gasteiger partial charge on any atom is 0.333 e. The molecule has 1 aromatic heterocycles. The zero-order valence-corrected chi connectivity index (χ0v) is 21.5. The van der Waals surface area contributed by atoms with Gasteiger partial charge in [0, 0.05) is 24.0 Å². The summed E-state index contributed by atoms with van der Waals surface area (Å²) < 4.78 is 13.1. The van der Waals surface area contributed by atoms with Crippen LogP contribution in [-0.4, -0.2) is 0 Å². The third-order valence-corrected chi connectivity index (χ3v) is 9.31. The average molecular weight is 472 g/mol. The number of ether oxygens (including phenoxy) is 1. The summed E-state index contributed by atoms with van der Waals surface area (Å²) in [5.41, 5.74) is 2.62. The minimum atomic E-state index is 0.617. The Morgan fingerprint density at radius 1 is 0.600 bits per heavy atom. The Hall–Kier alpha value is -2.09. The van der Waals surface area contributed by atoms with Gasteiger partial charge in [0.05, 0.1) is 11.8 Å². The molecule has 0 atom stereocenters. The number of hydrogen-bond acceptors (Lipinski definition) is 1. The summed E-state index contributed by atoms with van der Waals surface area (Å²) in [7, 11) is 0. The molecule has 0 N–H and O–H groups in total. The van der Waals surface area contributed by atoms with E-state index in [1.165, 1.54) is 137 Å². The summed E-state index contributed by atoms with van der Waals surface area (Å²) in [6.07, 6.45) is 32.6. The largest absolute Gasteiger partial charge is 0.465 e. The van der Waals surface area contributed by atoms with Crippen molar-refractivity contribution in [3.05, 3.63) is 70.6 Å². The second kappa shape index (κ2) is 10.9. The van der Waals surface area contributed by atoms with Gasteiger partial charge in [0.2, 0.25) is 0 Å². The first-order valence-electron chi connectivity index (χ1n) is 14.8. The van der Waals surface area contributed by atoms with Crippen molar-refractivity contribution < 1.29 is 9.15 Å². The molecule has 35 heavy (non-hydrogen) atoms. The highest BCUT2D eigenvalue weighted by molar-refractivity contribution is 5.54. The van der Waals surface area contributed by atoms with Crippen LogP contribution in [0.15, 0.2) is 57.9 Å². The lowest BCUT2D eigenvalue weighted by atomic mass is 9.96. The van der Waals surface area contributed by atoms with Gasteiger partial charge < -0.3 is 4.74 Å². The molecule has 4 saturated carbocycles. The van der Waals surface area contributed by atoms with Gasteiger partial charge in [-0.25, -0.2) is 4.42 Å². The minimum absolute atomic E-state index is 0.617. The standard InChI is InChI=1S/C33H43O2/c1-2-13-26(12-1)30-20-24(21-31(34-30)27-14-3-4-15-27)10-9-11-25-22-32(28-16-5-6-17-28)35-33(23-25)29-18-7-8-19-29/h9-11,20-23,26-29H,1-8,12-19H2/q+1. The van der Waals surface area contributed by atoms with Gasteiger partial charge >= 0.3 is 11.5 Å². The van der Waals surface area contributed by atoms with Crippen molar-refractivity contribution in [1.82, 2.24) is 0 Å². The maximum atomic E-state index is 6.54. The second-order valence-electron chi connectivity index (χ2n) is 11.8. The molecule has 5 aliphatic rings. The van der Waals surface area contributed by atoms with E-state index in [1.807, 2.05) is 0 Å². The van der Waals surface area contributed by atoms with Crippen molar-refractivity contribution >= 4 is 6.08 Å². The summed E-state index contributed by atoms with van der Waals surface area (Å²) in [5.74, 6) is 7.40. The summed E-state index contributed by atoms with van der Waals surface area (Å²) in [6, 6.07) is 4.65. The second-order valence-corrected chi connectivity index (χ2v) is 11.8. The number of rotatable bonds is 6. The molecule has 0 aromatic carbocycles. The van der Waals surface area contributed by atoms with Crippen LogP contribution >= 0.6 is 0 Å². The van der Waals surface area contributed by atoms with Crippen molar-refractivity contribution in [3.8, 4) is 0 Å². The SMILES string of the molecule is C(/C=C/c1cc(C2CCCC2)[o+]c(C2CCCC2)c1)=C1C=C(C2CCCC2)OC(C2CCCC2)=C1. The first-order valence-corrected chi connectivity index (χ1v) is 14.8. The van der Waals surface area contributed by atoms with Crippen LogP contribution in [0.25, 0.3) is 6.08 Å². The molecular weight excluding hydrogens is 428 g/mol. The molecule has 4 aliphatic carbocycles. The van der Waals surface area contributed by atoms with Crippen molar-refractivity contribution in [3.63, 3.8) is 0 Å². The molecule has 2 heterocycles. The molecule has 186 valence electrons. The molecule has 0 saturated heterocycles. The van der Waals surface area contributed by atoms with E-state index >= 15 is 0 Å². The molecule has 0 amide bonds. The van der Waals surface area contributed by atoms with E-state index in [9.17, 15) is 0 Å². The molecule has 2 heteroatoms. The molecule has 2 nitrogen and oxygen atoms in total. The van der Waals surface area contributed by atoms with Crippen molar-refractivity contribution in [2.24, 2.45) is 11.8 Å². The average Bonchev–Trinajstić information content (AvgIpc) is 3.72. The quantitative estimate of drug-likeness (QED) is 0.385. The van der Waals surface area contributed by atoms with Crippen molar-refractivity contribution in [2.75, 3.05) is 0 Å². The Morgan fingerprint density at radius 3 is 1.49 bits per heavy atom. The lowest BCUT2D eigenvalue weighted by molar-refractivity contribution is 0.213. The van der Waals surface area contributed by atoms with Crippen molar-refractivity contribution in [1.29, 1.82) is 0 Å². The summed E-state index contributed by atoms with van der Waals surface area (Å²) in [5, 5.41) is 0. The number of hydrogen-bond donors (Lipinski definition) is 0. The predicted molar refractivity (Wildman–Crippen MR) is 144 cm³/mol. The molecule has 0 unspecified atom stereocenters. The fraction of sp³-hybridized carbons (Fsp3) is 0.606. The Balaban J connectivity index is 1.26. The lowest BCUT2D eigenvalue weighted by Gasteiger charge is -2.25. The predicted octanol–water partition coefficient (Wildman–Crippen LogP) is 9.99. The highest BCUT2D eigenvalue weighted by Crippen LogP contribution is 2.41. The van der Waals surface area contributed by atoms with E-state index in [1.54, 1.807) is 0 Å². The molecule has 0 radical (unpaired) electrons. The zero-order chi connectivity index (χ0) is 23.5. The van der Waals surface area contributed by atoms with Crippen LogP contribution in [-0.2, 0) is 4.74 Å².